The van der Waals surface area contributed by atoms with Crippen molar-refractivity contribution in [3.8, 4) is 0 Å². The Morgan fingerprint density at radius 1 is 0.957 bits per heavy atom. The number of hydrogen-bond donors (Lipinski definition) is 6. The van der Waals surface area contributed by atoms with E-state index in [4.69, 9.17) is 14.2 Å². The Kier molecular flexibility index (Phi) is 8.52. The average molecular weight is 653 g/mol. The summed E-state index contributed by atoms with van der Waals surface area (Å²) in [6.07, 6.45) is -1.76. The summed E-state index contributed by atoms with van der Waals surface area (Å²) < 4.78 is 18.9. The second kappa shape index (κ2) is 11.2. The van der Waals surface area contributed by atoms with Gasteiger partial charge in [-0.05, 0) is 87.4 Å². The Labute approximate surface area is 274 Å². The summed E-state index contributed by atoms with van der Waals surface area (Å²) in [4.78, 5) is 14.7. The van der Waals surface area contributed by atoms with Gasteiger partial charge in [-0.15, -0.1) is 0 Å². The quantitative estimate of drug-likeness (QED) is 0.169. The molecule has 2 saturated heterocycles. The van der Waals surface area contributed by atoms with Crippen molar-refractivity contribution in [1.82, 2.24) is 0 Å². The molecule has 0 unspecified atom stereocenters. The van der Waals surface area contributed by atoms with E-state index in [0.29, 0.717) is 36.9 Å². The molecular formula is C36H60O10. The molecule has 6 rings (SSSR count). The largest absolute Gasteiger partial charge is 0.394 e. The molecule has 0 aromatic rings. The van der Waals surface area contributed by atoms with Crippen molar-refractivity contribution in [2.24, 2.45) is 45.3 Å². The Hall–Kier alpha value is -0.690. The van der Waals surface area contributed by atoms with E-state index in [-0.39, 0.29) is 28.8 Å². The Morgan fingerprint density at radius 2 is 1.63 bits per heavy atom. The lowest BCUT2D eigenvalue weighted by atomic mass is 9.36. The van der Waals surface area contributed by atoms with Crippen LogP contribution in [0.15, 0.2) is 0 Å². The van der Waals surface area contributed by atoms with E-state index in [2.05, 4.69) is 41.5 Å². The lowest BCUT2D eigenvalue weighted by Gasteiger charge is -2.66. The first-order chi connectivity index (χ1) is 21.2. The van der Waals surface area contributed by atoms with Gasteiger partial charge >= 0.3 is 0 Å². The molecule has 0 aromatic heterocycles. The molecule has 6 fully saturated rings. The molecule has 10 nitrogen and oxygen atoms in total. The molecule has 0 radical (unpaired) electrons. The molecule has 4 aliphatic carbocycles. The molecule has 1 spiro atoms. The fourth-order valence-electron chi connectivity index (χ4n) is 12.0. The lowest BCUT2D eigenvalue weighted by Crippen LogP contribution is -2.69. The Balaban J connectivity index is 1.23. The highest BCUT2D eigenvalue weighted by Gasteiger charge is 2.83. The summed E-state index contributed by atoms with van der Waals surface area (Å²) in [5.74, 6) is 1.19. The third-order valence-corrected chi connectivity index (χ3v) is 15.2. The molecule has 0 bridgehead atoms. The van der Waals surface area contributed by atoms with E-state index in [0.717, 1.165) is 32.1 Å². The summed E-state index contributed by atoms with van der Waals surface area (Å²) in [6.45, 7) is 16.3. The van der Waals surface area contributed by atoms with Gasteiger partial charge in [0.15, 0.2) is 6.29 Å². The molecule has 4 saturated carbocycles. The third-order valence-electron chi connectivity index (χ3n) is 15.2. The number of carbonyl (C=O) groups is 1. The maximum absolute atomic E-state index is 14.7. The SMILES string of the molecule is C[C@H](CC[C@@H](O)C(C)(C)O)[C@H]1CC[C@@]2(C)[C@@H]3C[C@@H]4O[C@]45[C@@H](CC[C@H](O[C@H]4O[C@H](CO)[C@@H](O)[C@H](O)[C@H]4O)C5(C)C)[C@]3(C)C(=O)C[C@]12C. The number of ketones is 1. The van der Waals surface area contributed by atoms with Gasteiger partial charge in [0.2, 0.25) is 0 Å². The first-order valence-corrected chi connectivity index (χ1v) is 17.8. The first-order valence-electron chi connectivity index (χ1n) is 17.8. The highest BCUT2D eigenvalue weighted by atomic mass is 16.7. The van der Waals surface area contributed by atoms with Gasteiger partial charge in [0.1, 0.15) is 35.8 Å². The molecule has 2 aliphatic heterocycles. The predicted molar refractivity (Wildman–Crippen MR) is 168 cm³/mol. The van der Waals surface area contributed by atoms with E-state index >= 15 is 0 Å². The van der Waals surface area contributed by atoms with Crippen LogP contribution in [-0.2, 0) is 19.0 Å². The van der Waals surface area contributed by atoms with Crippen LogP contribution in [0.2, 0.25) is 0 Å². The van der Waals surface area contributed by atoms with Crippen molar-refractivity contribution >= 4 is 5.78 Å². The Morgan fingerprint density at radius 3 is 2.26 bits per heavy atom. The van der Waals surface area contributed by atoms with Crippen LogP contribution in [0.25, 0.3) is 0 Å². The first kappa shape index (κ1) is 35.1. The highest BCUT2D eigenvalue weighted by Crippen LogP contribution is 2.79. The summed E-state index contributed by atoms with van der Waals surface area (Å²) in [5.41, 5.74) is -3.00. The summed E-state index contributed by atoms with van der Waals surface area (Å²) in [6, 6.07) is 0. The van der Waals surface area contributed by atoms with Gasteiger partial charge in [0.25, 0.3) is 0 Å². The van der Waals surface area contributed by atoms with Crippen molar-refractivity contribution in [3.63, 3.8) is 0 Å². The average Bonchev–Trinajstić information content (AvgIpc) is 3.65. The molecule has 2 heterocycles. The van der Waals surface area contributed by atoms with Gasteiger partial charge in [0.05, 0.1) is 30.5 Å². The smallest absolute Gasteiger partial charge is 0.186 e. The number of Topliss-reactive ketones (excluding diaryl/α,β-unsaturated/α-hetero) is 1. The number of carbonyl (C=O) groups excluding carboxylic acids is 1. The van der Waals surface area contributed by atoms with Crippen LogP contribution in [0.1, 0.15) is 107 Å². The van der Waals surface area contributed by atoms with Gasteiger partial charge in [0, 0.05) is 23.2 Å². The van der Waals surface area contributed by atoms with Gasteiger partial charge in [-0.1, -0.05) is 41.5 Å². The van der Waals surface area contributed by atoms with Crippen molar-refractivity contribution in [1.29, 1.82) is 0 Å². The van der Waals surface area contributed by atoms with Crippen LogP contribution in [0, 0.1) is 45.3 Å². The van der Waals surface area contributed by atoms with E-state index in [9.17, 15) is 35.4 Å². The minimum atomic E-state index is -1.51. The zero-order chi connectivity index (χ0) is 34.0. The normalized spacial score (nSPS) is 52.6. The van der Waals surface area contributed by atoms with Gasteiger partial charge in [-0.3, -0.25) is 4.79 Å². The number of aliphatic hydroxyl groups excluding tert-OH is 5. The van der Waals surface area contributed by atoms with Crippen LogP contribution < -0.4 is 0 Å². The van der Waals surface area contributed by atoms with Gasteiger partial charge in [-0.2, -0.15) is 0 Å². The minimum absolute atomic E-state index is 0.0145. The van der Waals surface area contributed by atoms with Crippen LogP contribution in [0.4, 0.5) is 0 Å². The summed E-state index contributed by atoms with van der Waals surface area (Å²) in [7, 11) is 0. The van der Waals surface area contributed by atoms with Crippen LogP contribution >= 0.6 is 0 Å². The molecule has 0 aromatic carbocycles. The molecule has 6 aliphatic rings. The molecule has 10 heteroatoms. The molecule has 16 atom stereocenters. The van der Waals surface area contributed by atoms with E-state index in [1.165, 1.54) is 0 Å². The molecule has 46 heavy (non-hydrogen) atoms. The number of fused-ring (bicyclic) bond motifs is 4. The topological polar surface area (TPSA) is 169 Å². The standard InChI is InChI=1S/C36H60O10/c1-18(9-11-23(38)32(4,5)43)19-13-14-33(6)22-15-26-36(46-26)21(35(22,8)24(39)16-34(19,33)7)10-12-25(31(36,2)3)45-30-29(42)28(41)27(40)20(17-37)44-30/h18-23,25-30,37-38,40-43H,9-17H2,1-8H3/t18-,19-,20-,21+,22+,23-,25+,26+,27-,28+,29-,30-,33+,34-,35+,36-/m1/s1. The van der Waals surface area contributed by atoms with Crippen LogP contribution in [-0.4, -0.2) is 103 Å². The fourth-order valence-corrected chi connectivity index (χ4v) is 12.0. The van der Waals surface area contributed by atoms with Crippen molar-refractivity contribution in [2.45, 2.75) is 167 Å². The minimum Gasteiger partial charge on any atom is -0.394 e. The molecule has 6 N–H and O–H groups in total. The van der Waals surface area contributed by atoms with Crippen molar-refractivity contribution in [2.75, 3.05) is 6.61 Å². The second-order valence-electron chi connectivity index (χ2n) is 17.9. The number of hydrogen-bond acceptors (Lipinski definition) is 10. The summed E-state index contributed by atoms with van der Waals surface area (Å²) in [5, 5.41) is 61.8. The van der Waals surface area contributed by atoms with Crippen molar-refractivity contribution in [3.05, 3.63) is 0 Å². The van der Waals surface area contributed by atoms with E-state index in [1.807, 2.05) is 0 Å². The molecule has 0 amide bonds. The fraction of sp³-hybridized carbons (Fsp3) is 0.972. The number of rotatable bonds is 8. The third kappa shape index (κ3) is 4.64. The second-order valence-corrected chi connectivity index (χ2v) is 17.9. The zero-order valence-corrected chi connectivity index (χ0v) is 29.1. The monoisotopic (exact) mass is 652 g/mol. The maximum atomic E-state index is 14.7. The van der Waals surface area contributed by atoms with Crippen LogP contribution in [0.5, 0.6) is 0 Å². The van der Waals surface area contributed by atoms with Crippen LogP contribution in [0.3, 0.4) is 0 Å². The number of aliphatic hydroxyl groups is 6. The number of ether oxygens (including phenoxy) is 3. The zero-order valence-electron chi connectivity index (χ0n) is 29.1. The van der Waals surface area contributed by atoms with E-state index in [1.54, 1.807) is 13.8 Å². The maximum Gasteiger partial charge on any atom is 0.186 e. The molecular weight excluding hydrogens is 592 g/mol. The van der Waals surface area contributed by atoms with Crippen molar-refractivity contribution < 1.29 is 49.6 Å². The van der Waals surface area contributed by atoms with Gasteiger partial charge < -0.3 is 44.8 Å². The number of epoxide rings is 1. The highest BCUT2D eigenvalue weighted by molar-refractivity contribution is 5.88. The summed E-state index contributed by atoms with van der Waals surface area (Å²) >= 11 is 0. The predicted octanol–water partition coefficient (Wildman–Crippen LogP) is 2.71. The van der Waals surface area contributed by atoms with Gasteiger partial charge in [-0.25, -0.2) is 0 Å². The molecule has 264 valence electrons. The Bertz CT molecular complexity index is 1180. The van der Waals surface area contributed by atoms with E-state index < -0.39 is 71.6 Å². The lowest BCUT2D eigenvalue weighted by molar-refractivity contribution is -0.326.